The molecule has 2 rings (SSSR count). The molecule has 0 amide bonds. The first-order valence-corrected chi connectivity index (χ1v) is 6.42. The molecule has 0 fully saturated rings. The Labute approximate surface area is 126 Å². The second-order valence-corrected chi connectivity index (χ2v) is 4.85. The van der Waals surface area contributed by atoms with Gasteiger partial charge in [0.2, 0.25) is 5.82 Å². The summed E-state index contributed by atoms with van der Waals surface area (Å²) in [5.41, 5.74) is 0.810. The standard InChI is InChI=1S/C10H5BrCl2N6/c11-8-6(12)1-2-7(9(8)13)15-4-5(3-14)10-16-18-19-17-10/h1-2,4,15H,(H,16,17,18,19). The van der Waals surface area contributed by atoms with Crippen molar-refractivity contribution < 1.29 is 0 Å². The Hall–Kier alpha value is -1.62. The van der Waals surface area contributed by atoms with Crippen molar-refractivity contribution in [3.05, 3.63) is 38.7 Å². The largest absolute Gasteiger partial charge is 0.359 e. The fourth-order valence-electron chi connectivity index (χ4n) is 1.21. The van der Waals surface area contributed by atoms with Crippen molar-refractivity contribution in [3.8, 4) is 6.07 Å². The number of allylic oxidation sites excluding steroid dienone is 1. The highest BCUT2D eigenvalue weighted by Crippen LogP contribution is 2.36. The summed E-state index contributed by atoms with van der Waals surface area (Å²) in [4.78, 5) is 0. The first-order chi connectivity index (χ1) is 9.13. The Bertz CT molecular complexity index is 661. The van der Waals surface area contributed by atoms with E-state index in [2.05, 4.69) is 41.9 Å². The number of nitrogens with one attached hydrogen (secondary N) is 2. The van der Waals surface area contributed by atoms with Gasteiger partial charge in [-0.1, -0.05) is 23.2 Å². The number of nitriles is 1. The number of hydrogen-bond acceptors (Lipinski definition) is 5. The molecule has 1 aromatic heterocycles. The van der Waals surface area contributed by atoms with Crippen molar-refractivity contribution in [2.45, 2.75) is 0 Å². The number of anilines is 1. The maximum absolute atomic E-state index is 9.00. The molecule has 0 spiro atoms. The zero-order valence-electron chi connectivity index (χ0n) is 9.15. The van der Waals surface area contributed by atoms with E-state index in [4.69, 9.17) is 28.5 Å². The van der Waals surface area contributed by atoms with Gasteiger partial charge in [0.15, 0.2) is 0 Å². The highest BCUT2D eigenvalue weighted by molar-refractivity contribution is 9.10. The van der Waals surface area contributed by atoms with Gasteiger partial charge in [0.1, 0.15) is 11.6 Å². The van der Waals surface area contributed by atoms with Crippen LogP contribution in [0.25, 0.3) is 5.57 Å². The van der Waals surface area contributed by atoms with Crippen LogP contribution in [-0.2, 0) is 0 Å². The Kier molecular flexibility index (Phi) is 4.37. The number of nitrogens with zero attached hydrogens (tertiary/aromatic N) is 4. The van der Waals surface area contributed by atoms with E-state index in [1.807, 2.05) is 6.07 Å². The number of aromatic amines is 1. The highest BCUT2D eigenvalue weighted by Gasteiger charge is 2.09. The second-order valence-electron chi connectivity index (χ2n) is 3.27. The van der Waals surface area contributed by atoms with Crippen molar-refractivity contribution >= 4 is 50.4 Å². The molecule has 6 nitrogen and oxygen atoms in total. The molecule has 0 saturated carbocycles. The number of H-pyrrole nitrogens is 1. The summed E-state index contributed by atoms with van der Waals surface area (Å²) in [6.07, 6.45) is 1.44. The zero-order valence-corrected chi connectivity index (χ0v) is 12.3. The van der Waals surface area contributed by atoms with Crippen LogP contribution in [0, 0.1) is 11.3 Å². The molecule has 0 saturated heterocycles. The number of tetrazole rings is 1. The van der Waals surface area contributed by atoms with E-state index < -0.39 is 0 Å². The van der Waals surface area contributed by atoms with E-state index in [9.17, 15) is 0 Å². The minimum Gasteiger partial charge on any atom is -0.359 e. The molecule has 96 valence electrons. The molecule has 0 radical (unpaired) electrons. The Morgan fingerprint density at radius 1 is 1.47 bits per heavy atom. The number of aromatic nitrogens is 4. The Morgan fingerprint density at radius 3 is 2.89 bits per heavy atom. The topological polar surface area (TPSA) is 90.3 Å². The molecular formula is C10H5BrCl2N6. The summed E-state index contributed by atoms with van der Waals surface area (Å²) >= 11 is 15.3. The van der Waals surface area contributed by atoms with Crippen molar-refractivity contribution in [1.29, 1.82) is 5.26 Å². The van der Waals surface area contributed by atoms with E-state index in [0.717, 1.165) is 0 Å². The van der Waals surface area contributed by atoms with Crippen LogP contribution in [-0.4, -0.2) is 20.6 Å². The monoisotopic (exact) mass is 358 g/mol. The Morgan fingerprint density at radius 2 is 2.26 bits per heavy atom. The van der Waals surface area contributed by atoms with Crippen molar-refractivity contribution in [2.24, 2.45) is 0 Å². The van der Waals surface area contributed by atoms with Crippen LogP contribution in [0.15, 0.2) is 22.8 Å². The van der Waals surface area contributed by atoms with Gasteiger partial charge in [-0.15, -0.1) is 10.2 Å². The second kappa shape index (κ2) is 6.02. The van der Waals surface area contributed by atoms with E-state index in [1.165, 1.54) is 6.20 Å². The van der Waals surface area contributed by atoms with E-state index in [0.29, 0.717) is 20.2 Å². The lowest BCUT2D eigenvalue weighted by atomic mass is 10.3. The van der Waals surface area contributed by atoms with Crippen LogP contribution in [0.2, 0.25) is 10.0 Å². The predicted octanol–water partition coefficient (Wildman–Crippen LogP) is 3.25. The molecule has 0 aliphatic carbocycles. The minimum atomic E-state index is 0.194. The molecule has 0 unspecified atom stereocenters. The van der Waals surface area contributed by atoms with Crippen LogP contribution in [0.1, 0.15) is 5.82 Å². The van der Waals surface area contributed by atoms with E-state index in [-0.39, 0.29) is 11.4 Å². The highest BCUT2D eigenvalue weighted by atomic mass is 79.9. The van der Waals surface area contributed by atoms with Gasteiger partial charge < -0.3 is 5.32 Å². The summed E-state index contributed by atoms with van der Waals surface area (Å²) in [7, 11) is 0. The molecule has 0 atom stereocenters. The molecule has 0 aliphatic heterocycles. The summed E-state index contributed by atoms with van der Waals surface area (Å²) in [5.74, 6) is 0.194. The average Bonchev–Trinajstić information content (AvgIpc) is 2.93. The first kappa shape index (κ1) is 13.8. The van der Waals surface area contributed by atoms with Crippen molar-refractivity contribution in [2.75, 3.05) is 5.32 Å². The van der Waals surface area contributed by atoms with Gasteiger partial charge in [-0.3, -0.25) is 0 Å². The van der Waals surface area contributed by atoms with Crippen LogP contribution in [0.5, 0.6) is 0 Å². The van der Waals surface area contributed by atoms with Gasteiger partial charge in [-0.05, 0) is 33.3 Å². The summed E-state index contributed by atoms with van der Waals surface area (Å²) in [6, 6.07) is 5.32. The average molecular weight is 360 g/mol. The predicted molar refractivity (Wildman–Crippen MR) is 75.6 cm³/mol. The summed E-state index contributed by atoms with van der Waals surface area (Å²) < 4.78 is 0.576. The summed E-state index contributed by atoms with van der Waals surface area (Å²) in [5, 5.41) is 25.9. The van der Waals surface area contributed by atoms with Gasteiger partial charge >= 0.3 is 0 Å². The molecule has 1 aromatic carbocycles. The number of rotatable bonds is 3. The lowest BCUT2D eigenvalue weighted by Gasteiger charge is -2.07. The normalized spacial score (nSPS) is 11.2. The maximum atomic E-state index is 9.00. The maximum Gasteiger partial charge on any atom is 0.216 e. The number of hydrogen-bond donors (Lipinski definition) is 2. The van der Waals surface area contributed by atoms with Crippen LogP contribution in [0.3, 0.4) is 0 Å². The fraction of sp³-hybridized carbons (Fsp3) is 0. The van der Waals surface area contributed by atoms with Crippen molar-refractivity contribution in [1.82, 2.24) is 20.6 Å². The molecule has 9 heteroatoms. The van der Waals surface area contributed by atoms with Gasteiger partial charge in [0.05, 0.1) is 20.2 Å². The molecule has 0 aliphatic rings. The van der Waals surface area contributed by atoms with Gasteiger partial charge in [-0.25, -0.2) is 0 Å². The summed E-state index contributed by atoms with van der Waals surface area (Å²) in [6.45, 7) is 0. The molecular weight excluding hydrogens is 355 g/mol. The lowest BCUT2D eigenvalue weighted by molar-refractivity contribution is 0.881. The molecule has 2 N–H and O–H groups in total. The van der Waals surface area contributed by atoms with Crippen molar-refractivity contribution in [3.63, 3.8) is 0 Å². The smallest absolute Gasteiger partial charge is 0.216 e. The van der Waals surface area contributed by atoms with E-state index >= 15 is 0 Å². The van der Waals surface area contributed by atoms with Crippen LogP contribution >= 0.6 is 39.1 Å². The van der Waals surface area contributed by atoms with Gasteiger partial charge in [0.25, 0.3) is 0 Å². The lowest BCUT2D eigenvalue weighted by Crippen LogP contribution is -1.94. The SMILES string of the molecule is N#CC(=CNc1ccc(Cl)c(Br)c1Cl)c1nn[nH]n1. The third-order valence-corrected chi connectivity index (χ3v) is 4.10. The zero-order chi connectivity index (χ0) is 13.8. The van der Waals surface area contributed by atoms with Gasteiger partial charge in [0, 0.05) is 6.20 Å². The third-order valence-electron chi connectivity index (χ3n) is 2.11. The van der Waals surface area contributed by atoms with E-state index in [1.54, 1.807) is 12.1 Å². The molecule has 2 aromatic rings. The Balaban J connectivity index is 2.28. The molecule has 19 heavy (non-hydrogen) atoms. The first-order valence-electron chi connectivity index (χ1n) is 4.87. The van der Waals surface area contributed by atoms with Crippen LogP contribution in [0.4, 0.5) is 5.69 Å². The van der Waals surface area contributed by atoms with Gasteiger partial charge in [-0.2, -0.15) is 10.5 Å². The van der Waals surface area contributed by atoms with Crippen LogP contribution < -0.4 is 5.32 Å². The quantitative estimate of drug-likeness (QED) is 0.648. The third kappa shape index (κ3) is 3.04. The number of benzene rings is 1. The molecule has 1 heterocycles. The molecule has 0 bridgehead atoms. The number of halogens is 3. The minimum absolute atomic E-state index is 0.194. The fourth-order valence-corrected chi connectivity index (χ4v) is 1.98.